The summed E-state index contributed by atoms with van der Waals surface area (Å²) in [5.41, 5.74) is 2.54. The van der Waals surface area contributed by atoms with Crippen molar-refractivity contribution in [1.29, 1.82) is 0 Å². The van der Waals surface area contributed by atoms with Crippen LogP contribution in [0.3, 0.4) is 0 Å². The van der Waals surface area contributed by atoms with E-state index in [4.69, 9.17) is 4.74 Å². The first kappa shape index (κ1) is 26.9. The Morgan fingerprint density at radius 1 is 0.944 bits per heavy atom. The van der Waals surface area contributed by atoms with Gasteiger partial charge in [0.1, 0.15) is 12.3 Å². The molecule has 0 aliphatic rings. The van der Waals surface area contributed by atoms with Crippen molar-refractivity contribution in [3.8, 4) is 5.75 Å². The molecule has 1 heterocycles. The van der Waals surface area contributed by atoms with Crippen molar-refractivity contribution in [3.05, 3.63) is 65.5 Å². The summed E-state index contributed by atoms with van der Waals surface area (Å²) < 4.78 is 58.8. The van der Waals surface area contributed by atoms with E-state index in [1.54, 1.807) is 45.0 Å². The molecule has 0 bridgehead atoms. The number of amides is 1. The average molecular weight is 534 g/mol. The number of aryl methyl sites for hydroxylation is 3. The van der Waals surface area contributed by atoms with E-state index in [1.807, 2.05) is 0 Å². The largest absolute Gasteiger partial charge is 0.495 e. The predicted molar refractivity (Wildman–Crippen MR) is 137 cm³/mol. The number of methoxy groups -OCH3 is 1. The molecule has 2 N–H and O–H groups in total. The normalized spacial score (nSPS) is 11.6. The number of nitrogens with zero attached hydrogens (tertiary/aromatic N) is 3. The van der Waals surface area contributed by atoms with E-state index in [9.17, 15) is 21.6 Å². The molecular formula is C23H27N5O6S2. The minimum absolute atomic E-state index is 0.0441. The molecule has 0 aliphatic heterocycles. The molecule has 0 saturated carbocycles. The fraction of sp³-hybridized carbons (Fsp3) is 0.261. The van der Waals surface area contributed by atoms with Crippen LogP contribution < -0.4 is 19.1 Å². The van der Waals surface area contributed by atoms with Crippen molar-refractivity contribution < 1.29 is 26.4 Å². The third kappa shape index (κ3) is 6.70. The van der Waals surface area contributed by atoms with Crippen molar-refractivity contribution >= 4 is 43.3 Å². The van der Waals surface area contributed by atoms with Crippen LogP contribution in [0.15, 0.2) is 53.4 Å². The number of anilines is 3. The molecular weight excluding hydrogens is 506 g/mol. The van der Waals surface area contributed by atoms with Gasteiger partial charge in [-0.15, -0.1) is 0 Å². The van der Waals surface area contributed by atoms with Crippen molar-refractivity contribution in [2.45, 2.75) is 25.7 Å². The lowest BCUT2D eigenvalue weighted by Crippen LogP contribution is -2.37. The first-order valence-electron chi connectivity index (χ1n) is 10.7. The molecule has 192 valence electrons. The Kier molecular flexibility index (Phi) is 7.84. The Balaban J connectivity index is 1.76. The lowest BCUT2D eigenvalue weighted by Gasteiger charge is -2.24. The van der Waals surface area contributed by atoms with Crippen LogP contribution in [0.1, 0.15) is 17.0 Å². The van der Waals surface area contributed by atoms with Crippen LogP contribution in [0.2, 0.25) is 0 Å². The summed E-state index contributed by atoms with van der Waals surface area (Å²) >= 11 is 0. The average Bonchev–Trinajstić information content (AvgIpc) is 2.76. The van der Waals surface area contributed by atoms with Crippen molar-refractivity contribution in [2.75, 3.05) is 34.3 Å². The topological polar surface area (TPSA) is 148 Å². The second-order valence-corrected chi connectivity index (χ2v) is 11.7. The number of rotatable bonds is 9. The van der Waals surface area contributed by atoms with Gasteiger partial charge in [0.05, 0.1) is 23.9 Å². The van der Waals surface area contributed by atoms with Crippen LogP contribution >= 0.6 is 0 Å². The second kappa shape index (κ2) is 10.5. The molecule has 0 unspecified atom stereocenters. The zero-order valence-electron chi connectivity index (χ0n) is 20.4. The van der Waals surface area contributed by atoms with Crippen molar-refractivity contribution in [1.82, 2.24) is 9.97 Å². The standard InChI is InChI=1S/C23H27N5O6S2/c1-15-6-11-21(34-4)20(12-15)28(35(5,30)31)14-22(29)26-18-7-9-19(10-8-18)36(32,33)27-23-24-16(2)13-17(3)25-23/h6-13H,14H2,1-5H3,(H,26,29)(H,24,25,27). The van der Waals surface area contributed by atoms with Crippen LogP contribution in [0.25, 0.3) is 0 Å². The number of carbonyl (C=O) groups is 1. The molecule has 3 aromatic rings. The summed E-state index contributed by atoms with van der Waals surface area (Å²) in [7, 11) is -6.38. The first-order chi connectivity index (χ1) is 16.8. The monoisotopic (exact) mass is 533 g/mol. The van der Waals surface area contributed by atoms with Gasteiger partial charge in [-0.25, -0.2) is 31.5 Å². The highest BCUT2D eigenvalue weighted by atomic mass is 32.2. The summed E-state index contributed by atoms with van der Waals surface area (Å²) in [6.45, 7) is 4.73. The number of ether oxygens (including phenoxy) is 1. The van der Waals surface area contributed by atoms with Gasteiger partial charge in [-0.3, -0.25) is 9.10 Å². The number of benzene rings is 2. The summed E-state index contributed by atoms with van der Waals surface area (Å²) in [6.07, 6.45) is 0.994. The molecule has 13 heteroatoms. The fourth-order valence-electron chi connectivity index (χ4n) is 3.38. The number of hydrogen-bond donors (Lipinski definition) is 2. The molecule has 36 heavy (non-hydrogen) atoms. The molecule has 11 nitrogen and oxygen atoms in total. The van der Waals surface area contributed by atoms with Crippen LogP contribution in [0, 0.1) is 20.8 Å². The second-order valence-electron chi connectivity index (χ2n) is 8.10. The Labute approximate surface area is 210 Å². The number of nitrogens with one attached hydrogen (secondary N) is 2. The van der Waals surface area contributed by atoms with Crippen molar-refractivity contribution in [2.24, 2.45) is 0 Å². The third-order valence-corrected chi connectivity index (χ3v) is 7.42. The maximum atomic E-state index is 12.7. The van der Waals surface area contributed by atoms with Gasteiger partial charge in [0.2, 0.25) is 21.9 Å². The molecule has 1 amide bonds. The SMILES string of the molecule is COc1ccc(C)cc1N(CC(=O)Nc1ccc(S(=O)(=O)Nc2nc(C)cc(C)n2)cc1)S(C)(=O)=O. The quantitative estimate of drug-likeness (QED) is 0.427. The first-order valence-corrected chi connectivity index (χ1v) is 14.0. The lowest BCUT2D eigenvalue weighted by molar-refractivity contribution is -0.114. The van der Waals surface area contributed by atoms with Gasteiger partial charge in [-0.2, -0.15) is 0 Å². The molecule has 0 fully saturated rings. The van der Waals surface area contributed by atoms with E-state index in [1.165, 1.54) is 31.4 Å². The summed E-state index contributed by atoms with van der Waals surface area (Å²) in [6, 6.07) is 12.1. The van der Waals surface area contributed by atoms with Crippen molar-refractivity contribution in [3.63, 3.8) is 0 Å². The molecule has 0 saturated heterocycles. The number of sulfonamides is 2. The third-order valence-electron chi connectivity index (χ3n) is 4.95. The van der Waals surface area contributed by atoms with Gasteiger partial charge in [0, 0.05) is 17.1 Å². The molecule has 0 radical (unpaired) electrons. The Morgan fingerprint density at radius 2 is 1.56 bits per heavy atom. The molecule has 0 spiro atoms. The zero-order chi connectivity index (χ0) is 26.7. The van der Waals surface area contributed by atoms with E-state index in [-0.39, 0.29) is 22.2 Å². The lowest BCUT2D eigenvalue weighted by atomic mass is 10.2. The van der Waals surface area contributed by atoms with Crippen LogP contribution in [0.5, 0.6) is 5.75 Å². The van der Waals surface area contributed by atoms with E-state index in [0.29, 0.717) is 17.1 Å². The van der Waals surface area contributed by atoms with Gasteiger partial charge >= 0.3 is 0 Å². The number of aromatic nitrogens is 2. The van der Waals surface area contributed by atoms with Gasteiger partial charge in [-0.1, -0.05) is 6.07 Å². The zero-order valence-corrected chi connectivity index (χ0v) is 22.1. The highest BCUT2D eigenvalue weighted by molar-refractivity contribution is 7.92. The predicted octanol–water partition coefficient (Wildman–Crippen LogP) is 2.62. The molecule has 2 aromatic carbocycles. The highest BCUT2D eigenvalue weighted by Crippen LogP contribution is 2.31. The van der Waals surface area contributed by atoms with Gasteiger partial charge < -0.3 is 10.1 Å². The number of hydrogen-bond acceptors (Lipinski definition) is 8. The summed E-state index contributed by atoms with van der Waals surface area (Å²) in [5, 5.41) is 2.58. The Morgan fingerprint density at radius 3 is 2.11 bits per heavy atom. The molecule has 3 rings (SSSR count). The Bertz CT molecular complexity index is 1470. The molecule has 0 atom stereocenters. The molecule has 1 aromatic heterocycles. The van der Waals surface area contributed by atoms with Gasteiger partial charge in [0.25, 0.3) is 10.0 Å². The Hall–Kier alpha value is -3.71. The smallest absolute Gasteiger partial charge is 0.264 e. The van der Waals surface area contributed by atoms with E-state index >= 15 is 0 Å². The fourth-order valence-corrected chi connectivity index (χ4v) is 5.17. The minimum Gasteiger partial charge on any atom is -0.495 e. The van der Waals surface area contributed by atoms with Crippen LogP contribution in [-0.4, -0.2) is 52.6 Å². The maximum Gasteiger partial charge on any atom is 0.264 e. The van der Waals surface area contributed by atoms with E-state index in [0.717, 1.165) is 16.1 Å². The van der Waals surface area contributed by atoms with Crippen LogP contribution in [0.4, 0.5) is 17.3 Å². The van der Waals surface area contributed by atoms with Gasteiger partial charge in [0.15, 0.2) is 0 Å². The summed E-state index contributed by atoms with van der Waals surface area (Å²) in [5.74, 6) is -0.368. The van der Waals surface area contributed by atoms with Crippen LogP contribution in [-0.2, 0) is 24.8 Å². The maximum absolute atomic E-state index is 12.7. The highest BCUT2D eigenvalue weighted by Gasteiger charge is 2.24. The van der Waals surface area contributed by atoms with E-state index in [2.05, 4.69) is 20.0 Å². The number of carbonyl (C=O) groups excluding carboxylic acids is 1. The summed E-state index contributed by atoms with van der Waals surface area (Å²) in [4.78, 5) is 20.8. The minimum atomic E-state index is -3.97. The molecule has 0 aliphatic carbocycles. The van der Waals surface area contributed by atoms with E-state index < -0.39 is 32.5 Å². The van der Waals surface area contributed by atoms with Gasteiger partial charge in [-0.05, 0) is 68.8 Å².